The molecule has 0 unspecified atom stereocenters. The molecular formula is C22H22N4O2S. The van der Waals surface area contributed by atoms with E-state index >= 15 is 0 Å². The summed E-state index contributed by atoms with van der Waals surface area (Å²) in [6, 6.07) is 14.9. The van der Waals surface area contributed by atoms with E-state index in [1.54, 1.807) is 40.9 Å². The Kier molecular flexibility index (Phi) is 5.49. The molecule has 1 amide bonds. The smallest absolute Gasteiger partial charge is 0.267 e. The highest BCUT2D eigenvalue weighted by molar-refractivity contribution is 8.14. The number of nitrogens with zero attached hydrogens (tertiary/aromatic N) is 3. The second kappa shape index (κ2) is 8.21. The molecule has 4 rings (SSSR count). The fourth-order valence-electron chi connectivity index (χ4n) is 3.45. The average Bonchev–Trinajstić information content (AvgIpc) is 2.75. The summed E-state index contributed by atoms with van der Waals surface area (Å²) in [7, 11) is 0. The summed E-state index contributed by atoms with van der Waals surface area (Å²) in [4.78, 5) is 32.3. The van der Waals surface area contributed by atoms with Gasteiger partial charge < -0.3 is 0 Å². The minimum atomic E-state index is -0.310. The third kappa shape index (κ3) is 3.70. The van der Waals surface area contributed by atoms with Crippen molar-refractivity contribution in [2.75, 3.05) is 17.2 Å². The number of H-pyrrole nitrogens is 1. The van der Waals surface area contributed by atoms with Crippen molar-refractivity contribution in [3.8, 4) is 0 Å². The zero-order valence-electron chi connectivity index (χ0n) is 16.4. The molecule has 0 radical (unpaired) electrons. The van der Waals surface area contributed by atoms with E-state index in [1.807, 2.05) is 24.3 Å². The first kappa shape index (κ1) is 19.4. The molecule has 148 valence electrons. The van der Waals surface area contributed by atoms with Crippen molar-refractivity contribution in [1.82, 2.24) is 10.2 Å². The van der Waals surface area contributed by atoms with E-state index in [2.05, 4.69) is 29.0 Å². The van der Waals surface area contributed by atoms with Gasteiger partial charge in [0.2, 0.25) is 0 Å². The quantitative estimate of drug-likeness (QED) is 0.708. The van der Waals surface area contributed by atoms with Crippen LogP contribution in [0.15, 0.2) is 58.3 Å². The summed E-state index contributed by atoms with van der Waals surface area (Å²) in [6.45, 7) is 4.89. The van der Waals surface area contributed by atoms with Crippen molar-refractivity contribution in [2.24, 2.45) is 4.99 Å². The van der Waals surface area contributed by atoms with Crippen molar-refractivity contribution in [3.63, 3.8) is 0 Å². The van der Waals surface area contributed by atoms with Gasteiger partial charge in [0, 0.05) is 17.7 Å². The molecule has 1 aromatic heterocycles. The number of rotatable bonds is 3. The number of thioether (sulfide) groups is 1. The predicted molar refractivity (Wildman–Crippen MR) is 119 cm³/mol. The largest absolute Gasteiger partial charge is 0.285 e. The number of aromatic amines is 1. The molecule has 0 fully saturated rings. The van der Waals surface area contributed by atoms with Crippen molar-refractivity contribution < 1.29 is 4.79 Å². The van der Waals surface area contributed by atoms with Gasteiger partial charge in [0.05, 0.1) is 11.1 Å². The molecule has 2 heterocycles. The number of hydrogen-bond acceptors (Lipinski definition) is 5. The number of amides is 1. The highest BCUT2D eigenvalue weighted by Gasteiger charge is 2.29. The number of aromatic nitrogens is 2. The lowest BCUT2D eigenvalue weighted by Gasteiger charge is -2.28. The molecule has 2 aromatic carbocycles. The number of nitrogens with one attached hydrogen (secondary N) is 1. The van der Waals surface area contributed by atoms with Crippen molar-refractivity contribution in [1.29, 1.82) is 0 Å². The predicted octanol–water partition coefficient (Wildman–Crippen LogP) is 4.19. The van der Waals surface area contributed by atoms with Gasteiger partial charge in [-0.25, -0.2) is 5.10 Å². The third-order valence-electron chi connectivity index (χ3n) is 4.87. The van der Waals surface area contributed by atoms with Gasteiger partial charge in [0.25, 0.3) is 11.5 Å². The maximum atomic E-state index is 13.8. The van der Waals surface area contributed by atoms with Crippen LogP contribution in [0.3, 0.4) is 0 Å². The fourth-order valence-corrected chi connectivity index (χ4v) is 4.39. The number of amidine groups is 1. The third-order valence-corrected chi connectivity index (χ3v) is 5.94. The monoisotopic (exact) mass is 406 g/mol. The Hall–Kier alpha value is -2.93. The summed E-state index contributed by atoms with van der Waals surface area (Å²) in [6.07, 6.45) is 0.988. The van der Waals surface area contributed by atoms with Gasteiger partial charge in [-0.3, -0.25) is 19.5 Å². The average molecular weight is 407 g/mol. The Bertz CT molecular complexity index is 1150. The van der Waals surface area contributed by atoms with Crippen LogP contribution in [0.5, 0.6) is 0 Å². The lowest BCUT2D eigenvalue weighted by Crippen LogP contribution is -2.38. The van der Waals surface area contributed by atoms with Crippen LogP contribution in [0.2, 0.25) is 0 Å². The normalized spacial score (nSPS) is 14.1. The summed E-state index contributed by atoms with van der Waals surface area (Å²) in [5.41, 5.74) is 1.77. The second-order valence-electron chi connectivity index (χ2n) is 7.17. The molecule has 0 saturated heterocycles. The number of para-hydroxylation sites is 1. The highest BCUT2D eigenvalue weighted by atomic mass is 32.2. The molecule has 0 bridgehead atoms. The van der Waals surface area contributed by atoms with Crippen LogP contribution in [0.4, 0.5) is 5.69 Å². The van der Waals surface area contributed by atoms with Crippen LogP contribution >= 0.6 is 11.8 Å². The first-order valence-electron chi connectivity index (χ1n) is 9.66. The Labute approximate surface area is 173 Å². The Morgan fingerprint density at radius 1 is 1.10 bits per heavy atom. The fraction of sp³-hybridized carbons (Fsp3) is 0.273. The number of hydrogen-bond donors (Lipinski definition) is 1. The zero-order valence-corrected chi connectivity index (χ0v) is 17.2. The van der Waals surface area contributed by atoms with E-state index in [4.69, 9.17) is 0 Å². The summed E-state index contributed by atoms with van der Waals surface area (Å²) in [5.74, 6) is 0.848. The molecule has 0 saturated carbocycles. The summed E-state index contributed by atoms with van der Waals surface area (Å²) >= 11 is 1.57. The van der Waals surface area contributed by atoms with Gasteiger partial charge in [0.1, 0.15) is 0 Å². The summed E-state index contributed by atoms with van der Waals surface area (Å²) < 4.78 is 0. The van der Waals surface area contributed by atoms with E-state index in [9.17, 15) is 9.59 Å². The number of aliphatic imine (C=N–C) groups is 1. The van der Waals surface area contributed by atoms with Crippen LogP contribution in [-0.4, -0.2) is 33.6 Å². The first-order chi connectivity index (χ1) is 14.1. The van der Waals surface area contributed by atoms with E-state index < -0.39 is 0 Å². The first-order valence-corrected chi connectivity index (χ1v) is 10.6. The standard InChI is InChI=1S/C22H22N4O2S/c1-14(2)15-8-5-6-11-18(15)26(22-23-12-7-13-29-22)21(28)19-16-9-3-4-10-17(16)20(27)25-24-19/h3-6,8-11,14H,7,12-13H2,1-2H3,(H,25,27). The summed E-state index contributed by atoms with van der Waals surface area (Å²) in [5, 5.41) is 8.25. The zero-order chi connectivity index (χ0) is 20.4. The van der Waals surface area contributed by atoms with Gasteiger partial charge in [-0.2, -0.15) is 5.10 Å². The molecular weight excluding hydrogens is 384 g/mol. The van der Waals surface area contributed by atoms with Gasteiger partial charge in [0.15, 0.2) is 10.9 Å². The SMILES string of the molecule is CC(C)c1ccccc1N(C(=O)c1n[nH]c(=O)c2ccccc12)C1=NCCCS1. The molecule has 7 heteroatoms. The van der Waals surface area contributed by atoms with Gasteiger partial charge in [-0.15, -0.1) is 0 Å². The molecule has 29 heavy (non-hydrogen) atoms. The number of carbonyl (C=O) groups is 1. The minimum Gasteiger partial charge on any atom is -0.267 e. The Morgan fingerprint density at radius 2 is 1.83 bits per heavy atom. The maximum absolute atomic E-state index is 13.8. The number of fused-ring (bicyclic) bond motifs is 1. The Balaban J connectivity index is 1.92. The van der Waals surface area contributed by atoms with Crippen molar-refractivity contribution in [2.45, 2.75) is 26.2 Å². The molecule has 1 aliphatic heterocycles. The molecule has 1 aliphatic rings. The van der Waals surface area contributed by atoms with Crippen LogP contribution in [0.1, 0.15) is 42.2 Å². The van der Waals surface area contributed by atoms with Crippen LogP contribution < -0.4 is 10.5 Å². The van der Waals surface area contributed by atoms with Crippen LogP contribution in [0, 0.1) is 0 Å². The number of anilines is 1. The van der Waals surface area contributed by atoms with Gasteiger partial charge in [-0.1, -0.05) is 62.0 Å². The Morgan fingerprint density at radius 3 is 2.55 bits per heavy atom. The van der Waals surface area contributed by atoms with Gasteiger partial charge in [-0.05, 0) is 30.0 Å². The number of carbonyl (C=O) groups excluding carboxylic acids is 1. The second-order valence-corrected chi connectivity index (χ2v) is 8.23. The topological polar surface area (TPSA) is 78.4 Å². The van der Waals surface area contributed by atoms with E-state index in [0.717, 1.165) is 23.4 Å². The lowest BCUT2D eigenvalue weighted by atomic mass is 10.00. The lowest BCUT2D eigenvalue weighted by molar-refractivity contribution is 0.0999. The van der Waals surface area contributed by atoms with E-state index in [-0.39, 0.29) is 23.1 Å². The van der Waals surface area contributed by atoms with E-state index in [1.165, 1.54) is 0 Å². The van der Waals surface area contributed by atoms with Crippen molar-refractivity contribution in [3.05, 3.63) is 70.1 Å². The molecule has 0 aliphatic carbocycles. The molecule has 0 spiro atoms. The molecule has 6 nitrogen and oxygen atoms in total. The molecule has 1 N–H and O–H groups in total. The number of benzene rings is 2. The van der Waals surface area contributed by atoms with E-state index in [0.29, 0.717) is 22.5 Å². The highest BCUT2D eigenvalue weighted by Crippen LogP contribution is 2.32. The maximum Gasteiger partial charge on any atom is 0.285 e. The van der Waals surface area contributed by atoms with Crippen LogP contribution in [0.25, 0.3) is 10.8 Å². The van der Waals surface area contributed by atoms with Crippen LogP contribution in [-0.2, 0) is 0 Å². The minimum absolute atomic E-state index is 0.215. The van der Waals surface area contributed by atoms with Gasteiger partial charge >= 0.3 is 0 Å². The molecule has 3 aromatic rings. The van der Waals surface area contributed by atoms with Crippen molar-refractivity contribution >= 4 is 39.3 Å². The molecule has 0 atom stereocenters.